The highest BCUT2D eigenvalue weighted by Gasteiger charge is 2.09. The second-order valence-corrected chi connectivity index (χ2v) is 4.41. The zero-order valence-electron chi connectivity index (χ0n) is 11.7. The molecule has 0 radical (unpaired) electrons. The first kappa shape index (κ1) is 15.1. The first-order valence-electron chi connectivity index (χ1n) is 6.29. The van der Waals surface area contributed by atoms with Crippen LogP contribution in [-0.4, -0.2) is 17.1 Å². The van der Waals surface area contributed by atoms with E-state index in [-0.39, 0.29) is 22.8 Å². The van der Waals surface area contributed by atoms with Crippen LogP contribution in [0, 0.1) is 21.4 Å². The number of rotatable bonds is 4. The molecule has 6 nitrogen and oxygen atoms in total. The molecule has 6 heteroatoms. The normalized spacial score (nSPS) is 10.8. The summed E-state index contributed by atoms with van der Waals surface area (Å²) in [4.78, 5) is 10.3. The Balaban J connectivity index is 2.46. The van der Waals surface area contributed by atoms with Gasteiger partial charge in [-0.1, -0.05) is 18.2 Å². The van der Waals surface area contributed by atoms with E-state index in [0.717, 1.165) is 0 Å². The maximum Gasteiger partial charge on any atom is 0.270 e. The zero-order valence-corrected chi connectivity index (χ0v) is 11.7. The van der Waals surface area contributed by atoms with Crippen LogP contribution in [0.4, 0.5) is 5.69 Å². The highest BCUT2D eigenvalue weighted by molar-refractivity contribution is 5.90. The average Bonchev–Trinajstić information content (AvgIpc) is 2.54. The Morgan fingerprint density at radius 1 is 1.36 bits per heavy atom. The zero-order chi connectivity index (χ0) is 16.1. The highest BCUT2D eigenvalue weighted by atomic mass is 16.6. The highest BCUT2D eigenvalue weighted by Crippen LogP contribution is 2.28. The second kappa shape index (κ2) is 6.41. The minimum absolute atomic E-state index is 0.00601. The smallest absolute Gasteiger partial charge is 0.270 e. The van der Waals surface area contributed by atoms with E-state index in [1.807, 2.05) is 6.07 Å². The molecular formula is C16H12N2O4. The van der Waals surface area contributed by atoms with E-state index in [0.29, 0.717) is 11.1 Å². The molecule has 0 saturated carbocycles. The summed E-state index contributed by atoms with van der Waals surface area (Å²) < 4.78 is 5.01. The minimum atomic E-state index is -0.512. The lowest BCUT2D eigenvalue weighted by atomic mass is 10.0. The number of nitrogens with zero attached hydrogens (tertiary/aromatic N) is 2. The first-order valence-corrected chi connectivity index (χ1v) is 6.29. The molecule has 0 saturated heterocycles. The Bertz CT molecular complexity index is 791. The number of phenols is 1. The molecule has 110 valence electrons. The largest absolute Gasteiger partial charge is 0.504 e. The fourth-order valence-corrected chi connectivity index (χ4v) is 1.92. The molecule has 1 N–H and O–H groups in total. The van der Waals surface area contributed by atoms with Gasteiger partial charge in [-0.15, -0.1) is 0 Å². The lowest BCUT2D eigenvalue weighted by Crippen LogP contribution is -1.90. The molecule has 0 atom stereocenters. The van der Waals surface area contributed by atoms with Crippen LogP contribution in [0.1, 0.15) is 11.1 Å². The van der Waals surface area contributed by atoms with Crippen molar-refractivity contribution in [3.63, 3.8) is 0 Å². The number of nitro benzene ring substituents is 1. The molecule has 0 amide bonds. The number of phenolic OH excluding ortho intramolecular Hbond substituents is 1. The summed E-state index contributed by atoms with van der Waals surface area (Å²) in [5.41, 5.74) is 1.28. The Kier molecular flexibility index (Phi) is 4.39. The number of ether oxygens (including phenoxy) is 1. The van der Waals surface area contributed by atoms with Crippen molar-refractivity contribution in [2.75, 3.05) is 7.11 Å². The lowest BCUT2D eigenvalue weighted by molar-refractivity contribution is -0.384. The monoisotopic (exact) mass is 296 g/mol. The number of methoxy groups -OCH3 is 1. The molecule has 0 aliphatic heterocycles. The number of nitro groups is 1. The van der Waals surface area contributed by atoms with Crippen molar-refractivity contribution in [3.8, 4) is 17.6 Å². The molecule has 2 aromatic carbocycles. The van der Waals surface area contributed by atoms with Crippen LogP contribution in [-0.2, 0) is 0 Å². The first-order chi connectivity index (χ1) is 10.5. The van der Waals surface area contributed by atoms with E-state index in [9.17, 15) is 20.5 Å². The van der Waals surface area contributed by atoms with Crippen LogP contribution >= 0.6 is 0 Å². The van der Waals surface area contributed by atoms with Gasteiger partial charge in [0, 0.05) is 12.1 Å². The van der Waals surface area contributed by atoms with Crippen molar-refractivity contribution >= 4 is 17.3 Å². The lowest BCUT2D eigenvalue weighted by Gasteiger charge is -2.05. The molecule has 0 aromatic heterocycles. The van der Waals surface area contributed by atoms with Gasteiger partial charge in [-0.05, 0) is 29.3 Å². The van der Waals surface area contributed by atoms with Crippen molar-refractivity contribution in [1.29, 1.82) is 5.26 Å². The third kappa shape index (κ3) is 3.22. The van der Waals surface area contributed by atoms with Gasteiger partial charge in [-0.25, -0.2) is 0 Å². The number of aromatic hydroxyl groups is 1. The van der Waals surface area contributed by atoms with Crippen LogP contribution in [0.25, 0.3) is 11.6 Å². The fraction of sp³-hybridized carbons (Fsp3) is 0.0625. The summed E-state index contributed by atoms with van der Waals surface area (Å²) in [6, 6.07) is 12.5. The summed E-state index contributed by atoms with van der Waals surface area (Å²) >= 11 is 0. The van der Waals surface area contributed by atoms with Gasteiger partial charge in [0.05, 0.1) is 23.7 Å². The molecule has 2 aromatic rings. The summed E-state index contributed by atoms with van der Waals surface area (Å²) in [5.74, 6) is 0.276. The van der Waals surface area contributed by atoms with Gasteiger partial charge in [0.15, 0.2) is 11.5 Å². The SMILES string of the molecule is COc1cc(/C=C(/C#N)c2cccc([N+](=O)[O-])c2)ccc1O. The van der Waals surface area contributed by atoms with E-state index in [4.69, 9.17) is 4.74 Å². The van der Waals surface area contributed by atoms with Gasteiger partial charge in [0.1, 0.15) is 0 Å². The average molecular weight is 296 g/mol. The van der Waals surface area contributed by atoms with Crippen LogP contribution in [0.15, 0.2) is 42.5 Å². The van der Waals surface area contributed by atoms with Crippen molar-refractivity contribution in [2.45, 2.75) is 0 Å². The predicted octanol–water partition coefficient (Wildman–Crippen LogP) is 3.37. The molecule has 0 aliphatic rings. The molecule has 0 fully saturated rings. The number of allylic oxidation sites excluding steroid dienone is 1. The summed E-state index contributed by atoms with van der Waals surface area (Å²) in [6.07, 6.45) is 1.57. The maximum atomic E-state index is 10.8. The van der Waals surface area contributed by atoms with Crippen molar-refractivity contribution in [1.82, 2.24) is 0 Å². The van der Waals surface area contributed by atoms with Gasteiger partial charge in [-0.2, -0.15) is 5.26 Å². The second-order valence-electron chi connectivity index (χ2n) is 4.41. The summed E-state index contributed by atoms with van der Waals surface area (Å²) in [6.45, 7) is 0. The number of hydrogen-bond acceptors (Lipinski definition) is 5. The Morgan fingerprint density at radius 2 is 2.14 bits per heavy atom. The number of nitriles is 1. The number of benzene rings is 2. The fourth-order valence-electron chi connectivity index (χ4n) is 1.92. The van der Waals surface area contributed by atoms with Gasteiger partial charge in [0.2, 0.25) is 0 Å². The molecule has 0 bridgehead atoms. The molecule has 22 heavy (non-hydrogen) atoms. The van der Waals surface area contributed by atoms with Gasteiger partial charge in [-0.3, -0.25) is 10.1 Å². The van der Waals surface area contributed by atoms with E-state index in [1.54, 1.807) is 24.3 Å². The van der Waals surface area contributed by atoms with Crippen molar-refractivity contribution < 1.29 is 14.8 Å². The molecule has 2 rings (SSSR count). The predicted molar refractivity (Wildman–Crippen MR) is 81.2 cm³/mol. The van der Waals surface area contributed by atoms with Crippen LogP contribution < -0.4 is 4.74 Å². The van der Waals surface area contributed by atoms with Crippen molar-refractivity contribution in [3.05, 3.63) is 63.7 Å². The number of hydrogen-bond donors (Lipinski definition) is 1. The van der Waals surface area contributed by atoms with Gasteiger partial charge in [0.25, 0.3) is 5.69 Å². The number of non-ortho nitro benzene ring substituents is 1. The van der Waals surface area contributed by atoms with Crippen molar-refractivity contribution in [2.24, 2.45) is 0 Å². The van der Waals surface area contributed by atoms with Crippen LogP contribution in [0.5, 0.6) is 11.5 Å². The van der Waals surface area contributed by atoms with E-state index < -0.39 is 4.92 Å². The van der Waals surface area contributed by atoms with Crippen LogP contribution in [0.2, 0.25) is 0 Å². The van der Waals surface area contributed by atoms with E-state index in [2.05, 4.69) is 0 Å². The minimum Gasteiger partial charge on any atom is -0.504 e. The van der Waals surface area contributed by atoms with Gasteiger partial charge >= 0.3 is 0 Å². The Labute approximate surface area is 126 Å². The third-order valence-corrected chi connectivity index (χ3v) is 3.00. The topological polar surface area (TPSA) is 96.4 Å². The Hall–Kier alpha value is -3.33. The summed E-state index contributed by atoms with van der Waals surface area (Å²) in [7, 11) is 1.42. The molecule has 0 aliphatic carbocycles. The Morgan fingerprint density at radius 3 is 2.77 bits per heavy atom. The summed E-state index contributed by atoms with van der Waals surface area (Å²) in [5, 5.41) is 29.6. The molecule has 0 spiro atoms. The third-order valence-electron chi connectivity index (χ3n) is 3.00. The quantitative estimate of drug-likeness (QED) is 0.404. The molecular weight excluding hydrogens is 284 g/mol. The van der Waals surface area contributed by atoms with E-state index in [1.165, 1.54) is 31.4 Å². The molecule has 0 heterocycles. The standard InChI is InChI=1S/C16H12N2O4/c1-22-16-8-11(5-6-15(16)19)7-13(10-17)12-3-2-4-14(9-12)18(20)21/h2-9,19H,1H3/b13-7-. The van der Waals surface area contributed by atoms with Gasteiger partial charge < -0.3 is 9.84 Å². The molecule has 0 unspecified atom stereocenters. The maximum absolute atomic E-state index is 10.8. The van der Waals surface area contributed by atoms with E-state index >= 15 is 0 Å². The van der Waals surface area contributed by atoms with Crippen LogP contribution in [0.3, 0.4) is 0 Å².